The van der Waals surface area contributed by atoms with Gasteiger partial charge in [-0.15, -0.1) is 12.4 Å². The third-order valence-corrected chi connectivity index (χ3v) is 5.36. The molecule has 2 aromatic rings. The number of rotatable bonds is 5. The first-order valence-electron chi connectivity index (χ1n) is 9.06. The summed E-state index contributed by atoms with van der Waals surface area (Å²) in [7, 11) is 6.35. The first-order valence-corrected chi connectivity index (χ1v) is 9.06. The van der Waals surface area contributed by atoms with Crippen molar-refractivity contribution in [1.29, 1.82) is 0 Å². The molecule has 8 heteroatoms. The zero-order chi connectivity index (χ0) is 19.8. The van der Waals surface area contributed by atoms with Crippen molar-refractivity contribution in [3.8, 4) is 23.0 Å². The number of fused-ring (bicyclic) bond motifs is 2. The molecule has 0 bridgehead atoms. The molecule has 29 heavy (non-hydrogen) atoms. The summed E-state index contributed by atoms with van der Waals surface area (Å²) >= 11 is 0. The van der Waals surface area contributed by atoms with Crippen LogP contribution in [0.15, 0.2) is 24.3 Å². The van der Waals surface area contributed by atoms with Crippen LogP contribution in [0.4, 0.5) is 0 Å². The van der Waals surface area contributed by atoms with Crippen LogP contribution in [0.1, 0.15) is 39.2 Å². The van der Waals surface area contributed by atoms with Crippen molar-refractivity contribution >= 4 is 18.4 Å². The summed E-state index contributed by atoms with van der Waals surface area (Å²) in [6.45, 7) is 0.768. The van der Waals surface area contributed by atoms with Crippen molar-refractivity contribution < 1.29 is 28.5 Å². The molecule has 0 saturated heterocycles. The molecular weight excluding hydrogens is 398 g/mol. The van der Waals surface area contributed by atoms with Gasteiger partial charge in [-0.2, -0.15) is 0 Å². The molecule has 0 saturated carbocycles. The minimum atomic E-state index is -0.473. The maximum atomic E-state index is 12.5. The average Bonchev–Trinajstić information content (AvgIpc) is 3.06. The van der Waals surface area contributed by atoms with Gasteiger partial charge in [0.25, 0.3) is 0 Å². The van der Waals surface area contributed by atoms with Gasteiger partial charge in [0.2, 0.25) is 0 Å². The molecule has 7 nitrogen and oxygen atoms in total. The van der Waals surface area contributed by atoms with E-state index in [4.69, 9.17) is 23.7 Å². The molecule has 0 spiro atoms. The van der Waals surface area contributed by atoms with Gasteiger partial charge in [0.15, 0.2) is 23.0 Å². The molecule has 0 aliphatic carbocycles. The predicted molar refractivity (Wildman–Crippen MR) is 109 cm³/mol. The largest absolute Gasteiger partial charge is 0.493 e. The van der Waals surface area contributed by atoms with Crippen LogP contribution in [0.3, 0.4) is 0 Å². The van der Waals surface area contributed by atoms with Gasteiger partial charge >= 0.3 is 5.97 Å². The van der Waals surface area contributed by atoms with Gasteiger partial charge in [0.05, 0.1) is 40.0 Å². The first-order chi connectivity index (χ1) is 13.6. The Labute approximate surface area is 175 Å². The van der Waals surface area contributed by atoms with Crippen molar-refractivity contribution in [2.75, 3.05) is 35.0 Å². The van der Waals surface area contributed by atoms with E-state index in [0.717, 1.165) is 29.7 Å². The van der Waals surface area contributed by atoms with Gasteiger partial charge in [-0.1, -0.05) is 0 Å². The minimum absolute atomic E-state index is 0. The number of ether oxygens (including phenoxy) is 5. The van der Waals surface area contributed by atoms with Crippen LogP contribution in [0.2, 0.25) is 0 Å². The summed E-state index contributed by atoms with van der Waals surface area (Å²) in [6, 6.07) is 7.24. The highest BCUT2D eigenvalue weighted by Gasteiger charge is 2.40. The Morgan fingerprint density at radius 1 is 0.862 bits per heavy atom. The number of hydrogen-bond acceptors (Lipinski definition) is 7. The van der Waals surface area contributed by atoms with E-state index in [1.807, 2.05) is 18.2 Å². The maximum Gasteiger partial charge on any atom is 0.339 e. The van der Waals surface area contributed by atoms with Crippen molar-refractivity contribution in [3.05, 3.63) is 46.5 Å². The lowest BCUT2D eigenvalue weighted by Gasteiger charge is -2.31. The second-order valence-electron chi connectivity index (χ2n) is 6.71. The normalized spacial score (nSPS) is 19.4. The molecule has 2 unspecified atom stereocenters. The summed E-state index contributed by atoms with van der Waals surface area (Å²) in [5.74, 6) is 2.04. The van der Waals surface area contributed by atoms with E-state index in [0.29, 0.717) is 28.6 Å². The number of esters is 1. The van der Waals surface area contributed by atoms with Crippen molar-refractivity contribution in [3.63, 3.8) is 0 Å². The summed E-state index contributed by atoms with van der Waals surface area (Å²) in [4.78, 5) is 12.5. The Balaban J connectivity index is 0.00000240. The quantitative estimate of drug-likeness (QED) is 0.743. The number of methoxy groups -OCH3 is 4. The van der Waals surface area contributed by atoms with Crippen LogP contribution in [-0.2, 0) is 11.2 Å². The van der Waals surface area contributed by atoms with Crippen LogP contribution in [-0.4, -0.2) is 41.0 Å². The third kappa shape index (κ3) is 3.45. The Bertz CT molecular complexity index is 932. The lowest BCUT2D eigenvalue weighted by atomic mass is 9.87. The fraction of sp³-hybridized carbons (Fsp3) is 0.381. The van der Waals surface area contributed by atoms with Gasteiger partial charge in [-0.3, -0.25) is 0 Å². The number of nitrogens with one attached hydrogen (secondary N) is 1. The van der Waals surface area contributed by atoms with Crippen LogP contribution in [0, 0.1) is 0 Å². The SMILES string of the molecule is COc1cc2c(cc1OC)C(C1OC(=O)c3cc(OC)c(OC)cc31)NCC2.Cl. The second kappa shape index (κ2) is 8.39. The van der Waals surface area contributed by atoms with E-state index in [1.165, 1.54) is 0 Å². The number of carbonyl (C=O) groups excluding carboxylic acids is 1. The van der Waals surface area contributed by atoms with E-state index < -0.39 is 6.10 Å². The number of cyclic esters (lactones) is 1. The summed E-state index contributed by atoms with van der Waals surface area (Å²) in [5.41, 5.74) is 3.45. The molecule has 2 aliphatic heterocycles. The highest BCUT2D eigenvalue weighted by atomic mass is 35.5. The second-order valence-corrected chi connectivity index (χ2v) is 6.71. The fourth-order valence-corrected chi connectivity index (χ4v) is 3.98. The summed E-state index contributed by atoms with van der Waals surface area (Å²) in [6.07, 6.45) is 0.380. The molecule has 0 radical (unpaired) electrons. The van der Waals surface area contributed by atoms with Crippen LogP contribution >= 0.6 is 12.4 Å². The molecule has 2 atom stereocenters. The lowest BCUT2D eigenvalue weighted by molar-refractivity contribution is 0.0285. The molecule has 2 aliphatic rings. The Morgan fingerprint density at radius 2 is 1.41 bits per heavy atom. The number of benzene rings is 2. The smallest absolute Gasteiger partial charge is 0.339 e. The molecule has 4 rings (SSSR count). The molecule has 156 valence electrons. The molecule has 2 heterocycles. The van der Waals surface area contributed by atoms with E-state index in [1.54, 1.807) is 34.5 Å². The highest BCUT2D eigenvalue weighted by molar-refractivity contribution is 5.95. The topological polar surface area (TPSA) is 75.3 Å². The van der Waals surface area contributed by atoms with E-state index in [-0.39, 0.29) is 24.4 Å². The van der Waals surface area contributed by atoms with Crippen LogP contribution in [0.25, 0.3) is 0 Å². The first kappa shape index (κ1) is 21.1. The van der Waals surface area contributed by atoms with Gasteiger partial charge < -0.3 is 29.0 Å². The van der Waals surface area contributed by atoms with Crippen LogP contribution in [0.5, 0.6) is 23.0 Å². The predicted octanol–water partition coefficient (Wildman–Crippen LogP) is 3.24. The highest BCUT2D eigenvalue weighted by Crippen LogP contribution is 2.47. The number of halogens is 1. The van der Waals surface area contributed by atoms with Crippen molar-refractivity contribution in [2.45, 2.75) is 18.6 Å². The monoisotopic (exact) mass is 421 g/mol. The molecule has 2 aromatic carbocycles. The Kier molecular flexibility index (Phi) is 6.10. The molecule has 0 fully saturated rings. The van der Waals surface area contributed by atoms with E-state index in [2.05, 4.69) is 5.32 Å². The third-order valence-electron chi connectivity index (χ3n) is 5.36. The number of hydrogen-bond donors (Lipinski definition) is 1. The molecule has 0 aromatic heterocycles. The summed E-state index contributed by atoms with van der Waals surface area (Å²) in [5, 5.41) is 3.49. The zero-order valence-corrected chi connectivity index (χ0v) is 17.6. The standard InChI is InChI=1S/C21H23NO6.ClH/c1-24-15-7-11-5-6-22-19(12(11)8-16(15)25-2)20-13-9-17(26-3)18(27-4)10-14(13)21(23)28-20;/h7-10,19-20,22H,5-6H2,1-4H3;1H. The molecule has 1 N–H and O–H groups in total. The molecule has 0 amide bonds. The van der Waals surface area contributed by atoms with Crippen molar-refractivity contribution in [2.24, 2.45) is 0 Å². The zero-order valence-electron chi connectivity index (χ0n) is 16.7. The van der Waals surface area contributed by atoms with Gasteiger partial charge in [0.1, 0.15) is 6.10 Å². The number of carbonyl (C=O) groups is 1. The fourth-order valence-electron chi connectivity index (χ4n) is 3.98. The van der Waals surface area contributed by atoms with Crippen LogP contribution < -0.4 is 24.3 Å². The van der Waals surface area contributed by atoms with Gasteiger partial charge in [-0.05, 0) is 48.4 Å². The Hall–Kier alpha value is -2.64. The van der Waals surface area contributed by atoms with Gasteiger partial charge in [0, 0.05) is 5.56 Å². The maximum absolute atomic E-state index is 12.5. The Morgan fingerprint density at radius 3 is 2.03 bits per heavy atom. The summed E-state index contributed by atoms with van der Waals surface area (Å²) < 4.78 is 27.4. The molecular formula is C21H24ClNO6. The van der Waals surface area contributed by atoms with E-state index in [9.17, 15) is 4.79 Å². The van der Waals surface area contributed by atoms with Gasteiger partial charge in [-0.25, -0.2) is 4.79 Å². The average molecular weight is 422 g/mol. The lowest BCUT2D eigenvalue weighted by Crippen LogP contribution is -2.34. The van der Waals surface area contributed by atoms with Crippen molar-refractivity contribution in [1.82, 2.24) is 5.32 Å². The van der Waals surface area contributed by atoms with E-state index >= 15 is 0 Å². The minimum Gasteiger partial charge on any atom is -0.493 e.